The minimum Gasteiger partial charge on any atom is -0.477 e. The fraction of sp³-hybridized carbons (Fsp3) is 0. The Kier molecular flexibility index (Phi) is 5.31. The van der Waals surface area contributed by atoms with Crippen LogP contribution in [0.25, 0.3) is 17.4 Å². The second kappa shape index (κ2) is 8.00. The number of hydrogen-bond donors (Lipinski definition) is 2. The molecule has 0 aliphatic heterocycles. The number of hydrogen-bond acceptors (Lipinski definition) is 5. The molecule has 0 aliphatic rings. The van der Waals surface area contributed by atoms with E-state index >= 15 is 0 Å². The van der Waals surface area contributed by atoms with Gasteiger partial charge in [0.2, 0.25) is 0 Å². The third-order valence-electron chi connectivity index (χ3n) is 3.77. The molecule has 8 heteroatoms. The third kappa shape index (κ3) is 4.31. The quantitative estimate of drug-likeness (QED) is 0.383. The van der Waals surface area contributed by atoms with Crippen molar-refractivity contribution in [1.82, 2.24) is 5.32 Å². The van der Waals surface area contributed by atoms with Crippen molar-refractivity contribution in [2.75, 3.05) is 0 Å². The van der Waals surface area contributed by atoms with E-state index in [1.54, 1.807) is 12.1 Å². The molecule has 1 heterocycles. The molecule has 0 radical (unpaired) electrons. The van der Waals surface area contributed by atoms with Crippen LogP contribution in [0.2, 0.25) is 0 Å². The number of non-ortho nitro benzene ring substituents is 1. The minimum absolute atomic E-state index is 0.0363. The number of nitrogens with one attached hydrogen (secondary N) is 1. The van der Waals surface area contributed by atoms with Crippen molar-refractivity contribution in [3.63, 3.8) is 0 Å². The molecule has 2 N–H and O–H groups in total. The van der Waals surface area contributed by atoms with E-state index in [-0.39, 0.29) is 17.0 Å². The summed E-state index contributed by atoms with van der Waals surface area (Å²) in [6, 6.07) is 17.5. The van der Waals surface area contributed by atoms with Crippen molar-refractivity contribution in [3.8, 4) is 11.3 Å². The summed E-state index contributed by atoms with van der Waals surface area (Å²) < 4.78 is 5.61. The van der Waals surface area contributed by atoms with Crippen molar-refractivity contribution in [1.29, 1.82) is 0 Å². The van der Waals surface area contributed by atoms with E-state index in [0.717, 1.165) is 11.6 Å². The van der Waals surface area contributed by atoms with Crippen LogP contribution in [0.3, 0.4) is 0 Å². The van der Waals surface area contributed by atoms with Crippen molar-refractivity contribution in [2.45, 2.75) is 0 Å². The van der Waals surface area contributed by atoms with Crippen LogP contribution in [0.5, 0.6) is 0 Å². The zero-order valence-corrected chi connectivity index (χ0v) is 14.4. The lowest BCUT2D eigenvalue weighted by atomic mass is 10.2. The molecule has 1 aromatic heterocycles. The summed E-state index contributed by atoms with van der Waals surface area (Å²) in [6.45, 7) is 0. The Hall–Kier alpha value is -4.20. The van der Waals surface area contributed by atoms with Crippen LogP contribution in [0.15, 0.2) is 76.8 Å². The number of rotatable bonds is 6. The molecular formula is C20H14N2O6. The van der Waals surface area contributed by atoms with Gasteiger partial charge in [-0.2, -0.15) is 0 Å². The summed E-state index contributed by atoms with van der Waals surface area (Å²) in [6.07, 6.45) is 1.17. The number of amides is 1. The van der Waals surface area contributed by atoms with Gasteiger partial charge < -0.3 is 14.8 Å². The van der Waals surface area contributed by atoms with Crippen LogP contribution in [0.1, 0.15) is 16.1 Å². The normalized spacial score (nSPS) is 11.1. The van der Waals surface area contributed by atoms with Crippen LogP contribution in [0, 0.1) is 10.1 Å². The van der Waals surface area contributed by atoms with E-state index < -0.39 is 22.5 Å². The second-order valence-corrected chi connectivity index (χ2v) is 5.69. The molecule has 0 unspecified atom stereocenters. The molecule has 28 heavy (non-hydrogen) atoms. The number of carboxylic acids is 1. The van der Waals surface area contributed by atoms with Crippen LogP contribution in [-0.2, 0) is 4.79 Å². The van der Waals surface area contributed by atoms with Gasteiger partial charge in [-0.05, 0) is 18.2 Å². The Balaban J connectivity index is 1.83. The smallest absolute Gasteiger partial charge is 0.352 e. The molecule has 0 bridgehead atoms. The van der Waals surface area contributed by atoms with E-state index in [1.807, 2.05) is 30.3 Å². The van der Waals surface area contributed by atoms with Crippen LogP contribution in [-0.4, -0.2) is 21.9 Å². The first-order chi connectivity index (χ1) is 13.4. The van der Waals surface area contributed by atoms with Crippen LogP contribution >= 0.6 is 0 Å². The predicted octanol–water partition coefficient (Wildman–Crippen LogP) is 3.71. The Morgan fingerprint density at radius 1 is 1.04 bits per heavy atom. The maximum Gasteiger partial charge on any atom is 0.352 e. The summed E-state index contributed by atoms with van der Waals surface area (Å²) in [4.78, 5) is 34.0. The molecule has 0 atom stereocenters. The van der Waals surface area contributed by atoms with Gasteiger partial charge in [0.1, 0.15) is 17.2 Å². The highest BCUT2D eigenvalue weighted by atomic mass is 16.6. The molecule has 1 amide bonds. The summed E-state index contributed by atoms with van der Waals surface area (Å²) in [7, 11) is 0. The number of carbonyl (C=O) groups is 2. The molecule has 0 aliphatic carbocycles. The average Bonchev–Trinajstić information content (AvgIpc) is 3.16. The first-order valence-electron chi connectivity index (χ1n) is 8.10. The number of aliphatic carboxylic acids is 1. The van der Waals surface area contributed by atoms with Gasteiger partial charge in [-0.1, -0.05) is 36.4 Å². The number of nitro groups is 1. The van der Waals surface area contributed by atoms with Gasteiger partial charge >= 0.3 is 5.97 Å². The van der Waals surface area contributed by atoms with Crippen LogP contribution in [0.4, 0.5) is 5.69 Å². The zero-order valence-electron chi connectivity index (χ0n) is 14.4. The zero-order chi connectivity index (χ0) is 20.1. The lowest BCUT2D eigenvalue weighted by molar-refractivity contribution is -0.384. The van der Waals surface area contributed by atoms with Gasteiger partial charge in [-0.15, -0.1) is 0 Å². The Labute approximate surface area is 158 Å². The largest absolute Gasteiger partial charge is 0.477 e. The Morgan fingerprint density at radius 2 is 1.79 bits per heavy atom. The first kappa shape index (κ1) is 18.6. The highest BCUT2D eigenvalue weighted by Crippen LogP contribution is 2.23. The summed E-state index contributed by atoms with van der Waals surface area (Å²) in [5.41, 5.74) is 0.0861. The van der Waals surface area contributed by atoms with Gasteiger partial charge in [-0.3, -0.25) is 14.9 Å². The van der Waals surface area contributed by atoms with Crippen molar-refractivity contribution < 1.29 is 24.0 Å². The van der Waals surface area contributed by atoms with Crippen LogP contribution < -0.4 is 5.32 Å². The van der Waals surface area contributed by atoms with Gasteiger partial charge in [0, 0.05) is 29.3 Å². The summed E-state index contributed by atoms with van der Waals surface area (Å²) >= 11 is 0. The number of benzene rings is 2. The van der Waals surface area contributed by atoms with E-state index in [9.17, 15) is 24.8 Å². The third-order valence-corrected chi connectivity index (χ3v) is 3.77. The van der Waals surface area contributed by atoms with E-state index in [4.69, 9.17) is 4.42 Å². The lowest BCUT2D eigenvalue weighted by Gasteiger charge is -2.05. The van der Waals surface area contributed by atoms with Gasteiger partial charge in [0.25, 0.3) is 11.6 Å². The number of nitrogens with zero attached hydrogens (tertiary/aromatic N) is 1. The Bertz CT molecular complexity index is 1070. The molecule has 0 fully saturated rings. The minimum atomic E-state index is -1.38. The molecule has 8 nitrogen and oxygen atoms in total. The summed E-state index contributed by atoms with van der Waals surface area (Å²) in [5, 5.41) is 22.4. The van der Waals surface area contributed by atoms with Crippen molar-refractivity contribution in [2.24, 2.45) is 0 Å². The molecule has 0 saturated heterocycles. The number of furan rings is 1. The second-order valence-electron chi connectivity index (χ2n) is 5.69. The van der Waals surface area contributed by atoms with Gasteiger partial charge in [-0.25, -0.2) is 4.79 Å². The maximum absolute atomic E-state index is 12.3. The topological polar surface area (TPSA) is 123 Å². The first-order valence-corrected chi connectivity index (χ1v) is 8.10. The monoisotopic (exact) mass is 378 g/mol. The molecule has 3 rings (SSSR count). The SMILES string of the molecule is O=C(O)C(=Cc1ccc(-c2ccccc2)o1)NC(=O)c1cccc([N+](=O)[O-])c1. The van der Waals surface area contributed by atoms with Crippen molar-refractivity contribution >= 4 is 23.6 Å². The molecule has 2 aromatic carbocycles. The average molecular weight is 378 g/mol. The van der Waals surface area contributed by atoms with Gasteiger partial charge in [0.05, 0.1) is 4.92 Å². The van der Waals surface area contributed by atoms with E-state index in [2.05, 4.69) is 5.32 Å². The van der Waals surface area contributed by atoms with E-state index in [1.165, 1.54) is 24.3 Å². The number of carboxylic acid groups (broad SMARTS) is 1. The molecular weight excluding hydrogens is 364 g/mol. The number of nitro benzene ring substituents is 1. The standard InChI is InChI=1S/C20H14N2O6/c23-19(14-7-4-8-15(11-14)22(26)27)21-17(20(24)25)12-16-9-10-18(28-16)13-5-2-1-3-6-13/h1-12H,(H,21,23)(H,24,25). The maximum atomic E-state index is 12.3. The fourth-order valence-electron chi connectivity index (χ4n) is 2.44. The predicted molar refractivity (Wildman–Crippen MR) is 100 cm³/mol. The molecule has 0 saturated carbocycles. The highest BCUT2D eigenvalue weighted by Gasteiger charge is 2.16. The van der Waals surface area contributed by atoms with Gasteiger partial charge in [0.15, 0.2) is 0 Å². The fourth-order valence-corrected chi connectivity index (χ4v) is 2.44. The molecule has 0 spiro atoms. The Morgan fingerprint density at radius 3 is 2.46 bits per heavy atom. The van der Waals surface area contributed by atoms with Crippen molar-refractivity contribution in [3.05, 3.63) is 93.9 Å². The lowest BCUT2D eigenvalue weighted by Crippen LogP contribution is -2.27. The van der Waals surface area contributed by atoms with E-state index in [0.29, 0.717) is 5.76 Å². The number of carbonyl (C=O) groups excluding carboxylic acids is 1. The summed E-state index contributed by atoms with van der Waals surface area (Å²) in [5.74, 6) is -1.39. The molecule has 3 aromatic rings. The molecule has 140 valence electrons. The highest BCUT2D eigenvalue weighted by molar-refractivity contribution is 6.02.